The molecular weight excluding hydrogens is 443 g/mol. The van der Waals surface area contributed by atoms with Gasteiger partial charge in [-0.3, -0.25) is 0 Å². The maximum absolute atomic E-state index is 10.0. The van der Waals surface area contributed by atoms with E-state index in [9.17, 15) is 4.89 Å². The Hall–Kier alpha value is 0.230. The first kappa shape index (κ1) is 32.3. The van der Waals surface area contributed by atoms with E-state index in [1.807, 2.05) is 0 Å². The third-order valence-corrected chi connectivity index (χ3v) is 8.04. The smallest absolute Gasteiger partial charge is 0.328 e. The monoisotopic (exact) mass is 502 g/mol. The molecule has 1 fully saturated rings. The minimum atomic E-state index is -1.71. The summed E-state index contributed by atoms with van der Waals surface area (Å²) in [5.74, 6) is 0. The zero-order valence-electron chi connectivity index (χ0n) is 23.2. The van der Waals surface area contributed by atoms with Crippen molar-refractivity contribution in [2.75, 3.05) is 45.9 Å². The molecule has 0 aromatic rings. The molecule has 0 aromatic carbocycles. The van der Waals surface area contributed by atoms with Crippen molar-refractivity contribution in [3.63, 3.8) is 0 Å². The molecule has 6 heteroatoms. The minimum Gasteiger partial charge on any atom is -0.328 e. The molecule has 0 saturated carbocycles. The van der Waals surface area contributed by atoms with Crippen LogP contribution in [0.1, 0.15) is 130 Å². The fourth-order valence-corrected chi connectivity index (χ4v) is 5.55. The van der Waals surface area contributed by atoms with E-state index in [2.05, 4.69) is 30.6 Å². The number of hydrogen-bond donors (Lipinski definition) is 1. The summed E-state index contributed by atoms with van der Waals surface area (Å²) in [6.07, 6.45) is 22.2. The lowest BCUT2D eigenvalue weighted by atomic mass is 10.0. The predicted octanol–water partition coefficient (Wildman–Crippen LogP) is 7.92. The summed E-state index contributed by atoms with van der Waals surface area (Å²) >= 11 is 0. The Morgan fingerprint density at radius 3 is 1.71 bits per heavy atom. The molecule has 1 rings (SSSR count). The second kappa shape index (κ2) is 23.6. The Labute approximate surface area is 214 Å². The summed E-state index contributed by atoms with van der Waals surface area (Å²) < 4.78 is 11.1. The summed E-state index contributed by atoms with van der Waals surface area (Å²) in [6, 6.07) is 0.751. The molecule has 1 N–H and O–H groups in total. The summed E-state index contributed by atoms with van der Waals surface area (Å²) in [5.41, 5.74) is 0. The Bertz CT molecular complexity index is 410. The van der Waals surface area contributed by atoms with Crippen molar-refractivity contribution in [1.82, 2.24) is 9.80 Å². The number of unbranched alkanes of at least 4 members (excludes halogenated alkanes) is 12. The zero-order chi connectivity index (χ0) is 24.7. The Morgan fingerprint density at radius 1 is 0.676 bits per heavy atom. The van der Waals surface area contributed by atoms with E-state index >= 15 is 0 Å². The SMILES string of the molecule is CCCCCCCCCOP(O)OCCN1CCC(N(CCCCCC)CCCCCC)CC1. The summed E-state index contributed by atoms with van der Waals surface area (Å²) in [7, 11) is -1.71. The second-order valence-corrected chi connectivity index (χ2v) is 11.2. The average molecular weight is 503 g/mol. The molecule has 5 nitrogen and oxygen atoms in total. The van der Waals surface area contributed by atoms with Crippen molar-refractivity contribution >= 4 is 8.60 Å². The highest BCUT2D eigenvalue weighted by Crippen LogP contribution is 2.33. The molecule has 1 saturated heterocycles. The summed E-state index contributed by atoms with van der Waals surface area (Å²) in [6.45, 7) is 13.8. The molecule has 204 valence electrons. The first-order chi connectivity index (χ1) is 16.7. The quantitative estimate of drug-likeness (QED) is 0.107. The lowest BCUT2D eigenvalue weighted by Gasteiger charge is -2.38. The molecule has 34 heavy (non-hydrogen) atoms. The number of piperidine rings is 1. The second-order valence-electron chi connectivity index (χ2n) is 10.3. The van der Waals surface area contributed by atoms with Gasteiger partial charge in [0.05, 0.1) is 13.2 Å². The number of rotatable bonds is 24. The maximum atomic E-state index is 10.0. The van der Waals surface area contributed by atoms with Gasteiger partial charge in [-0.1, -0.05) is 97.8 Å². The van der Waals surface area contributed by atoms with Crippen LogP contribution in [0, 0.1) is 0 Å². The molecule has 0 aromatic heterocycles. The van der Waals surface area contributed by atoms with Gasteiger partial charge in [0.15, 0.2) is 0 Å². The van der Waals surface area contributed by atoms with E-state index in [4.69, 9.17) is 9.05 Å². The highest BCUT2D eigenvalue weighted by Gasteiger charge is 2.24. The van der Waals surface area contributed by atoms with Crippen molar-refractivity contribution < 1.29 is 13.9 Å². The van der Waals surface area contributed by atoms with Gasteiger partial charge in [-0.2, -0.15) is 0 Å². The van der Waals surface area contributed by atoms with Gasteiger partial charge in [0.25, 0.3) is 0 Å². The summed E-state index contributed by atoms with van der Waals surface area (Å²) in [5, 5.41) is 0. The van der Waals surface area contributed by atoms with Crippen molar-refractivity contribution in [3.8, 4) is 0 Å². The van der Waals surface area contributed by atoms with Gasteiger partial charge in [0.1, 0.15) is 0 Å². The molecule has 0 bridgehead atoms. The van der Waals surface area contributed by atoms with Gasteiger partial charge in [-0.05, 0) is 58.3 Å². The first-order valence-electron chi connectivity index (χ1n) is 14.9. The molecular formula is C28H59N2O3P. The fourth-order valence-electron chi connectivity index (χ4n) is 4.96. The van der Waals surface area contributed by atoms with Crippen molar-refractivity contribution in [1.29, 1.82) is 0 Å². The summed E-state index contributed by atoms with van der Waals surface area (Å²) in [4.78, 5) is 15.3. The first-order valence-corrected chi connectivity index (χ1v) is 16.0. The van der Waals surface area contributed by atoms with Gasteiger partial charge in [0, 0.05) is 12.6 Å². The maximum Gasteiger partial charge on any atom is 0.329 e. The van der Waals surface area contributed by atoms with Crippen molar-refractivity contribution in [2.24, 2.45) is 0 Å². The van der Waals surface area contributed by atoms with Crippen LogP contribution in [0.5, 0.6) is 0 Å². The van der Waals surface area contributed by atoms with Crippen LogP contribution in [-0.2, 0) is 9.05 Å². The normalized spacial score (nSPS) is 16.5. The van der Waals surface area contributed by atoms with E-state index in [-0.39, 0.29) is 0 Å². The molecule has 1 unspecified atom stereocenters. The zero-order valence-corrected chi connectivity index (χ0v) is 24.0. The van der Waals surface area contributed by atoms with E-state index < -0.39 is 8.60 Å². The molecule has 0 radical (unpaired) electrons. The molecule has 0 aliphatic carbocycles. The van der Waals surface area contributed by atoms with Gasteiger partial charge in [-0.15, -0.1) is 0 Å². The lowest BCUT2D eigenvalue weighted by molar-refractivity contribution is 0.0923. The minimum absolute atomic E-state index is 0.571. The Morgan fingerprint density at radius 2 is 1.15 bits per heavy atom. The van der Waals surface area contributed by atoms with E-state index in [1.54, 1.807) is 0 Å². The predicted molar refractivity (Wildman–Crippen MR) is 148 cm³/mol. The average Bonchev–Trinajstić information content (AvgIpc) is 2.85. The Balaban J connectivity index is 2.13. The largest absolute Gasteiger partial charge is 0.329 e. The molecule has 1 atom stereocenters. The number of nitrogens with zero attached hydrogens (tertiary/aromatic N) is 2. The molecule has 0 spiro atoms. The number of likely N-dealkylation sites (tertiary alicyclic amines) is 1. The van der Waals surface area contributed by atoms with Crippen LogP contribution >= 0.6 is 8.60 Å². The van der Waals surface area contributed by atoms with Crippen molar-refractivity contribution in [3.05, 3.63) is 0 Å². The molecule has 1 aliphatic heterocycles. The fraction of sp³-hybridized carbons (Fsp3) is 1.00. The highest BCUT2D eigenvalue weighted by molar-refractivity contribution is 7.40. The van der Waals surface area contributed by atoms with Crippen LogP contribution in [-0.4, -0.2) is 66.7 Å². The third-order valence-electron chi connectivity index (χ3n) is 7.23. The highest BCUT2D eigenvalue weighted by atomic mass is 31.2. The van der Waals surface area contributed by atoms with Gasteiger partial charge in [-0.25, -0.2) is 0 Å². The Kier molecular flexibility index (Phi) is 22.4. The van der Waals surface area contributed by atoms with E-state index in [0.717, 1.165) is 32.1 Å². The number of hydrogen-bond acceptors (Lipinski definition) is 5. The van der Waals surface area contributed by atoms with Crippen LogP contribution in [0.2, 0.25) is 0 Å². The van der Waals surface area contributed by atoms with Gasteiger partial charge >= 0.3 is 8.60 Å². The van der Waals surface area contributed by atoms with Crippen LogP contribution < -0.4 is 0 Å². The van der Waals surface area contributed by atoms with Gasteiger partial charge in [0.2, 0.25) is 0 Å². The van der Waals surface area contributed by atoms with Crippen molar-refractivity contribution in [2.45, 2.75) is 136 Å². The van der Waals surface area contributed by atoms with Gasteiger partial charge < -0.3 is 23.7 Å². The molecule has 1 heterocycles. The molecule has 0 amide bonds. The van der Waals surface area contributed by atoms with Crippen LogP contribution in [0.4, 0.5) is 0 Å². The lowest BCUT2D eigenvalue weighted by Crippen LogP contribution is -2.46. The van der Waals surface area contributed by atoms with Crippen LogP contribution in [0.25, 0.3) is 0 Å². The van der Waals surface area contributed by atoms with E-state index in [1.165, 1.54) is 116 Å². The molecule has 1 aliphatic rings. The van der Waals surface area contributed by atoms with Crippen LogP contribution in [0.15, 0.2) is 0 Å². The standard InChI is InChI=1S/C28H59N2O3P/c1-4-7-10-13-14-15-18-26-32-34(31)33-27-25-29-23-19-28(20-24-29)30(21-16-11-8-5-2)22-17-12-9-6-3/h28,31H,4-27H2,1-3H3. The van der Waals surface area contributed by atoms with Crippen LogP contribution in [0.3, 0.4) is 0 Å². The third kappa shape index (κ3) is 17.6. The van der Waals surface area contributed by atoms with E-state index in [0.29, 0.717) is 13.2 Å². The topological polar surface area (TPSA) is 45.2 Å².